The minimum absolute atomic E-state index is 0.0120. The van der Waals surface area contributed by atoms with Crippen LogP contribution in [-0.2, 0) is 12.0 Å². The molecule has 2 aromatic carbocycles. The zero-order chi connectivity index (χ0) is 23.4. The quantitative estimate of drug-likeness (QED) is 0.571. The molecule has 0 radical (unpaired) electrons. The van der Waals surface area contributed by atoms with Crippen LogP contribution in [0, 0.1) is 11.8 Å². The van der Waals surface area contributed by atoms with Gasteiger partial charge in [-0.3, -0.25) is 4.90 Å². The van der Waals surface area contributed by atoms with Crippen LogP contribution in [0.2, 0.25) is 0 Å². The van der Waals surface area contributed by atoms with Gasteiger partial charge in [-0.1, -0.05) is 30.3 Å². The first-order chi connectivity index (χ1) is 16.5. The van der Waals surface area contributed by atoms with Gasteiger partial charge >= 0.3 is 0 Å². The highest BCUT2D eigenvalue weighted by Crippen LogP contribution is 2.51. The van der Waals surface area contributed by atoms with Crippen LogP contribution in [0.25, 0.3) is 17.0 Å². The lowest BCUT2D eigenvalue weighted by Crippen LogP contribution is -2.57. The molecule has 1 aromatic heterocycles. The van der Waals surface area contributed by atoms with Crippen LogP contribution >= 0.6 is 0 Å². The smallest absolute Gasteiger partial charge is 0.161 e. The van der Waals surface area contributed by atoms with E-state index >= 15 is 0 Å². The van der Waals surface area contributed by atoms with E-state index in [-0.39, 0.29) is 5.54 Å². The molecule has 34 heavy (non-hydrogen) atoms. The van der Waals surface area contributed by atoms with E-state index in [1.807, 2.05) is 18.2 Å². The number of hydrogen-bond donors (Lipinski definition) is 2. The molecule has 2 aliphatic heterocycles. The third kappa shape index (κ3) is 3.37. The number of methoxy groups -OCH3 is 2. The van der Waals surface area contributed by atoms with Gasteiger partial charge in [0.1, 0.15) is 0 Å². The second-order valence-corrected chi connectivity index (χ2v) is 10.5. The SMILES string of the molecule is COc1ccc(/C=C2\CC3CN4CCc5c([nH]c6ccccc56)[C@]4(C)CC3C[C@@H]2O)cc1OC. The van der Waals surface area contributed by atoms with Crippen LogP contribution in [0.1, 0.15) is 43.0 Å². The van der Waals surface area contributed by atoms with Crippen molar-refractivity contribution in [2.45, 2.75) is 44.2 Å². The fourth-order valence-corrected chi connectivity index (χ4v) is 6.90. The maximum Gasteiger partial charge on any atom is 0.161 e. The number of aromatic nitrogens is 1. The van der Waals surface area contributed by atoms with E-state index in [1.165, 1.54) is 22.2 Å². The summed E-state index contributed by atoms with van der Waals surface area (Å²) in [5, 5.41) is 12.5. The third-order valence-corrected chi connectivity index (χ3v) is 8.67. The number of benzene rings is 2. The average molecular weight is 459 g/mol. The van der Waals surface area contributed by atoms with Crippen LogP contribution < -0.4 is 9.47 Å². The van der Waals surface area contributed by atoms with E-state index in [2.05, 4.69) is 47.1 Å². The minimum atomic E-state index is -0.393. The Labute approximate surface area is 201 Å². The van der Waals surface area contributed by atoms with Gasteiger partial charge in [0, 0.05) is 29.7 Å². The fourth-order valence-electron chi connectivity index (χ4n) is 6.90. The van der Waals surface area contributed by atoms with Gasteiger partial charge in [-0.25, -0.2) is 0 Å². The summed E-state index contributed by atoms with van der Waals surface area (Å²) in [5.74, 6) is 2.54. The van der Waals surface area contributed by atoms with Gasteiger partial charge in [-0.05, 0) is 79.3 Å². The van der Waals surface area contributed by atoms with Crippen LogP contribution in [0.15, 0.2) is 48.0 Å². The molecule has 0 bridgehead atoms. The number of piperidine rings is 1. The molecular formula is C29H34N2O3. The van der Waals surface area contributed by atoms with Gasteiger partial charge in [0.05, 0.1) is 25.9 Å². The lowest BCUT2D eigenvalue weighted by atomic mass is 9.64. The molecule has 5 heteroatoms. The van der Waals surface area contributed by atoms with Gasteiger partial charge in [0.15, 0.2) is 11.5 Å². The normalized spacial score (nSPS) is 30.0. The molecule has 6 rings (SSSR count). The topological polar surface area (TPSA) is 57.7 Å². The van der Waals surface area contributed by atoms with E-state index in [0.717, 1.165) is 61.4 Å². The molecule has 2 unspecified atom stereocenters. The first-order valence-corrected chi connectivity index (χ1v) is 12.5. The van der Waals surface area contributed by atoms with Crippen molar-refractivity contribution in [1.29, 1.82) is 0 Å². The Morgan fingerprint density at radius 3 is 2.74 bits per heavy atom. The molecule has 1 saturated carbocycles. The van der Waals surface area contributed by atoms with Crippen LogP contribution in [0.3, 0.4) is 0 Å². The Balaban J connectivity index is 1.27. The summed E-state index contributed by atoms with van der Waals surface area (Å²) in [5.41, 5.74) is 6.35. The van der Waals surface area contributed by atoms with E-state index in [1.54, 1.807) is 14.2 Å². The van der Waals surface area contributed by atoms with Gasteiger partial charge in [-0.2, -0.15) is 0 Å². The van der Waals surface area contributed by atoms with Crippen LogP contribution in [-0.4, -0.2) is 48.4 Å². The molecule has 3 aromatic rings. The minimum Gasteiger partial charge on any atom is -0.493 e. The Morgan fingerprint density at radius 2 is 1.91 bits per heavy atom. The Morgan fingerprint density at radius 1 is 1.09 bits per heavy atom. The van der Waals surface area contributed by atoms with E-state index in [4.69, 9.17) is 9.47 Å². The number of nitrogens with one attached hydrogen (secondary N) is 1. The summed E-state index contributed by atoms with van der Waals surface area (Å²) in [7, 11) is 3.31. The summed E-state index contributed by atoms with van der Waals surface area (Å²) in [6, 6.07) is 14.7. The third-order valence-electron chi connectivity index (χ3n) is 8.67. The summed E-state index contributed by atoms with van der Waals surface area (Å²) in [6.45, 7) is 4.61. The number of rotatable bonds is 3. The molecule has 5 nitrogen and oxygen atoms in total. The lowest BCUT2D eigenvalue weighted by molar-refractivity contribution is -0.0402. The molecule has 3 aliphatic rings. The zero-order valence-corrected chi connectivity index (χ0v) is 20.3. The standard InChI is InChI=1S/C29H34N2O3/c1-29-16-20-15-25(32)19(12-18-8-9-26(33-2)27(13-18)34-3)14-21(20)17-31(29)11-10-23-22-6-4-5-7-24(22)30-28(23)29/h4-9,12-13,20-21,25,30,32H,10-11,14-17H2,1-3H3/b19-12+/t20?,21?,25-,29-/m0/s1. The number of aliphatic hydroxyl groups is 1. The number of aromatic amines is 1. The van der Waals surface area contributed by atoms with Crippen molar-refractivity contribution in [3.05, 3.63) is 64.9 Å². The molecule has 0 spiro atoms. The highest BCUT2D eigenvalue weighted by Gasteiger charge is 2.49. The van der Waals surface area contributed by atoms with E-state index in [9.17, 15) is 5.11 Å². The molecule has 2 N–H and O–H groups in total. The molecule has 178 valence electrons. The number of hydrogen-bond acceptors (Lipinski definition) is 4. The van der Waals surface area contributed by atoms with Crippen molar-refractivity contribution < 1.29 is 14.6 Å². The predicted molar refractivity (Wildman–Crippen MR) is 135 cm³/mol. The molecule has 0 amide bonds. The molecular weight excluding hydrogens is 424 g/mol. The summed E-state index contributed by atoms with van der Waals surface area (Å²) >= 11 is 0. The Hall–Kier alpha value is -2.76. The number of para-hydroxylation sites is 1. The molecule has 3 heterocycles. The van der Waals surface area contributed by atoms with Crippen LogP contribution in [0.5, 0.6) is 11.5 Å². The Kier molecular flexibility index (Phi) is 5.23. The van der Waals surface area contributed by atoms with Gasteiger partial charge in [0.2, 0.25) is 0 Å². The van der Waals surface area contributed by atoms with Crippen molar-refractivity contribution in [2.75, 3.05) is 27.3 Å². The number of nitrogens with zero attached hydrogens (tertiary/aromatic N) is 1. The molecule has 1 aliphatic carbocycles. The Bertz CT molecular complexity index is 1260. The summed E-state index contributed by atoms with van der Waals surface area (Å²) in [6.07, 6.45) is 5.74. The largest absolute Gasteiger partial charge is 0.493 e. The van der Waals surface area contributed by atoms with Crippen molar-refractivity contribution in [2.24, 2.45) is 11.8 Å². The number of ether oxygens (including phenoxy) is 2. The lowest BCUT2D eigenvalue weighted by Gasteiger charge is -2.55. The van der Waals surface area contributed by atoms with Crippen LogP contribution in [0.4, 0.5) is 0 Å². The number of fused-ring (bicyclic) bond motifs is 6. The van der Waals surface area contributed by atoms with E-state index in [0.29, 0.717) is 11.8 Å². The predicted octanol–water partition coefficient (Wildman–Crippen LogP) is 5.13. The van der Waals surface area contributed by atoms with Crippen molar-refractivity contribution in [1.82, 2.24) is 9.88 Å². The molecule has 4 atom stereocenters. The monoisotopic (exact) mass is 458 g/mol. The number of H-pyrrole nitrogens is 1. The highest BCUT2D eigenvalue weighted by molar-refractivity contribution is 5.85. The zero-order valence-electron chi connectivity index (χ0n) is 20.3. The van der Waals surface area contributed by atoms with E-state index < -0.39 is 6.10 Å². The van der Waals surface area contributed by atoms with Gasteiger partial charge in [-0.15, -0.1) is 0 Å². The second kappa shape index (κ2) is 8.17. The first-order valence-electron chi connectivity index (χ1n) is 12.5. The average Bonchev–Trinajstić information content (AvgIpc) is 3.23. The van der Waals surface area contributed by atoms with Crippen molar-refractivity contribution >= 4 is 17.0 Å². The summed E-state index contributed by atoms with van der Waals surface area (Å²) in [4.78, 5) is 6.49. The first kappa shape index (κ1) is 21.8. The molecule has 1 saturated heterocycles. The highest BCUT2D eigenvalue weighted by atomic mass is 16.5. The summed E-state index contributed by atoms with van der Waals surface area (Å²) < 4.78 is 10.8. The fraction of sp³-hybridized carbons (Fsp3) is 0.448. The van der Waals surface area contributed by atoms with Gasteiger partial charge < -0.3 is 19.6 Å². The van der Waals surface area contributed by atoms with Crippen molar-refractivity contribution in [3.8, 4) is 11.5 Å². The maximum atomic E-state index is 11.1. The van der Waals surface area contributed by atoms with Crippen molar-refractivity contribution in [3.63, 3.8) is 0 Å². The maximum absolute atomic E-state index is 11.1. The van der Waals surface area contributed by atoms with Gasteiger partial charge in [0.25, 0.3) is 0 Å². The number of aliphatic hydroxyl groups excluding tert-OH is 1. The second-order valence-electron chi connectivity index (χ2n) is 10.5. The molecule has 2 fully saturated rings.